The predicted molar refractivity (Wildman–Crippen MR) is 390 cm³/mol. The number of rotatable bonds is 37. The van der Waals surface area contributed by atoms with Crippen molar-refractivity contribution in [3.63, 3.8) is 0 Å². The van der Waals surface area contributed by atoms with Crippen LogP contribution in [0.2, 0.25) is 0 Å². The van der Waals surface area contributed by atoms with Crippen LogP contribution in [0.5, 0.6) is 0 Å². The van der Waals surface area contributed by atoms with E-state index in [1.54, 1.807) is 0 Å². The Bertz CT molecular complexity index is 3380. The molecule has 49 atom stereocenters. The first-order chi connectivity index (χ1) is 59.6. The van der Waals surface area contributed by atoms with Gasteiger partial charge in [-0.1, -0.05) is 0 Å². The molecule has 9 aliphatic rings. The van der Waals surface area contributed by atoms with Crippen molar-refractivity contribution in [1.82, 2.24) is 26.6 Å². The second-order valence-electron chi connectivity index (χ2n) is 31.5. The van der Waals surface area contributed by atoms with Gasteiger partial charge in [-0.05, 0) is 0 Å². The highest BCUT2D eigenvalue weighted by Gasteiger charge is 2.62. The lowest BCUT2D eigenvalue weighted by Crippen LogP contribution is -2.71. The molecule has 56 heteroatoms. The minimum atomic E-state index is -2.80. The summed E-state index contributed by atoms with van der Waals surface area (Å²) in [5.41, 5.74) is 0. The van der Waals surface area contributed by atoms with Crippen LogP contribution in [0.3, 0.4) is 0 Å². The van der Waals surface area contributed by atoms with Crippen LogP contribution in [-0.2, 0) is 109 Å². The number of hydrogen-bond acceptors (Lipinski definition) is 51. The van der Waals surface area contributed by atoms with Crippen LogP contribution >= 0.6 is 0 Å². The average Bonchev–Trinajstić information content (AvgIpc) is 0.750. The quantitative estimate of drug-likeness (QED) is 0.0275. The predicted octanol–water partition coefficient (Wildman–Crippen LogP) is -22.4. The average molecular weight is 1850 g/mol. The number of aliphatic hydroxyl groups excluding tert-OH is 28. The second-order valence-corrected chi connectivity index (χ2v) is 31.5. The van der Waals surface area contributed by atoms with Crippen molar-refractivity contribution in [3.8, 4) is 0 Å². The Balaban J connectivity index is 1.18. The summed E-state index contributed by atoms with van der Waals surface area (Å²) in [6.45, 7) is -8.56. The third-order valence-corrected chi connectivity index (χ3v) is 22.5. The first-order valence-corrected chi connectivity index (χ1v) is 40.1. The molecule has 0 bridgehead atoms. The topological polar surface area (TPSA) is 878 Å². The lowest BCUT2D eigenvalue weighted by molar-refractivity contribution is -0.408. The number of amides is 5. The third-order valence-electron chi connectivity index (χ3n) is 22.5. The molecule has 0 aromatic heterocycles. The SMILES string of the molecule is CC(=O)N[C@@H](CO)[C@@H](O)[C@H](OC1O[C@H](CO)[C@@H](OC2O[C@H](COC3O[C@H](CO)[C@@H](O)[C@H](O)[C@@H]3OC3O[C@H](CO)[C@@H](OC4O[C@H](CO)[C@H](O)[C@H](O)[C@H]4O)[C@H](O)[C@H]3NC(C)=O)[C@@H](OC3O[C@H](CO)[C@@H](O)[C@H](O)[C@H]3NC(C)=O)[C@H](OC3O[C@H](CO)[C@@H](O)[C@H](O)[C@@H]3OC3O[C@H](CO)[C@@H](OC4O[C@H](CO)[C@H](O)[C@H](O)[C@H]4O)[C@H](O)[C@H]3NC(C)=O)[C@@H]2O)[C@H](O)[C@H]1NC(C)=O)[C@H](O)CO. The van der Waals surface area contributed by atoms with Crippen LogP contribution in [-0.4, -0.2) is 546 Å². The van der Waals surface area contributed by atoms with E-state index >= 15 is 0 Å². The second kappa shape index (κ2) is 46.9. The van der Waals surface area contributed by atoms with Gasteiger partial charge in [0.1, 0.15) is 238 Å². The molecule has 9 heterocycles. The van der Waals surface area contributed by atoms with Crippen LogP contribution in [0, 0.1) is 0 Å². The Morgan fingerprint density at radius 1 is 0.270 bits per heavy atom. The Morgan fingerprint density at radius 3 is 0.921 bits per heavy atom. The van der Waals surface area contributed by atoms with E-state index in [2.05, 4.69) is 26.6 Å². The molecule has 126 heavy (non-hydrogen) atoms. The van der Waals surface area contributed by atoms with Crippen LogP contribution < -0.4 is 26.6 Å². The first kappa shape index (κ1) is 105. The van der Waals surface area contributed by atoms with Gasteiger partial charge in [0.05, 0.1) is 78.7 Å². The molecule has 0 aromatic rings. The summed E-state index contributed by atoms with van der Waals surface area (Å²) in [5, 5.41) is 325. The lowest BCUT2D eigenvalue weighted by atomic mass is 9.93. The summed E-state index contributed by atoms with van der Waals surface area (Å²) in [7, 11) is 0. The van der Waals surface area contributed by atoms with Gasteiger partial charge in [-0.2, -0.15) is 0 Å². The van der Waals surface area contributed by atoms with E-state index in [9.17, 15) is 167 Å². The van der Waals surface area contributed by atoms with Gasteiger partial charge in [-0.25, -0.2) is 0 Å². The number of hydrogen-bond donors (Lipinski definition) is 33. The molecule has 730 valence electrons. The van der Waals surface area contributed by atoms with E-state index in [4.69, 9.17) is 85.3 Å². The van der Waals surface area contributed by atoms with Crippen LogP contribution in [0.4, 0.5) is 0 Å². The molecule has 5 amide bonds. The molecule has 0 saturated carbocycles. The highest BCUT2D eigenvalue weighted by atomic mass is 16.8. The molecule has 56 nitrogen and oxygen atoms in total. The molecule has 33 N–H and O–H groups in total. The Labute approximate surface area is 714 Å². The standard InChI is InChI=1S/C70H119N5O51/c1-17(86)71-22(6-76)37(92)54(23(91)7-77)119-63-34(73-19(3)88)44(99)57(31(15-85)115-63)122-68-53(108)59(124-70-61(50(105)42(97)28(12-82)114-70)126-65-36(75-21(5)90)46(101)56(30(14-84)117-65)121-67-52(107)48(103)40(95)26(10-80)112-67)58(123-62-33(72-18(2)87)43(98)38(93)24(8-78)110-62)32(118-68)16-109-69-60(49(104)41(96)27(11-81)113-69)125-64-35(74-20(4)89)45(100)55(29(13-83)116-64)120-66-51(106)47(102)39(94)25(9-79)111-66/h22-70,76-85,91-108H,6-16H2,1-5H3,(H,71,86)(H,72,87)(H,73,88)(H,74,89)(H,75,90)/t22-,23+,24+,25+,26+,27+,28+,29+,30+,31+,32+,33+,34+,35+,36+,37+,38+,39-,40-,41+,42+,43+,44+,45+,46+,47-,48-,49-,50-,51+,52+,53-,54+,55+,56+,57+,58+,59+,60-,61-,62?,63?,64?,65?,66?,67?,68?,69?,70?/m0/s1. The van der Waals surface area contributed by atoms with Gasteiger partial charge in [0.25, 0.3) is 0 Å². The van der Waals surface area contributed by atoms with E-state index in [1.807, 2.05) is 0 Å². The van der Waals surface area contributed by atoms with Crippen LogP contribution in [0.15, 0.2) is 0 Å². The van der Waals surface area contributed by atoms with Gasteiger partial charge in [-0.15, -0.1) is 0 Å². The highest BCUT2D eigenvalue weighted by Crippen LogP contribution is 2.41. The van der Waals surface area contributed by atoms with E-state index < -0.39 is 403 Å². The van der Waals surface area contributed by atoms with Gasteiger partial charge in [0, 0.05) is 34.6 Å². The fourth-order valence-corrected chi connectivity index (χ4v) is 15.9. The van der Waals surface area contributed by atoms with Gasteiger partial charge in [0.2, 0.25) is 29.5 Å². The Hall–Kier alpha value is -4.49. The molecule has 9 saturated heterocycles. The summed E-state index contributed by atoms with van der Waals surface area (Å²) in [4.78, 5) is 64.8. The van der Waals surface area contributed by atoms with E-state index in [0.717, 1.165) is 34.6 Å². The number of ether oxygens (including phenoxy) is 18. The van der Waals surface area contributed by atoms with Crippen molar-refractivity contribution in [2.45, 2.75) is 335 Å². The fourth-order valence-electron chi connectivity index (χ4n) is 15.9. The molecule has 0 spiro atoms. The third kappa shape index (κ3) is 24.0. The zero-order valence-electron chi connectivity index (χ0n) is 68.0. The van der Waals surface area contributed by atoms with Gasteiger partial charge >= 0.3 is 0 Å². The molecule has 9 rings (SSSR count). The van der Waals surface area contributed by atoms with Gasteiger partial charge in [0.15, 0.2) is 56.6 Å². The van der Waals surface area contributed by atoms with E-state index in [1.165, 1.54) is 0 Å². The maximum absolute atomic E-state index is 13.4. The van der Waals surface area contributed by atoms with Crippen LogP contribution in [0.25, 0.3) is 0 Å². The number of carbonyl (C=O) groups excluding carboxylic acids is 5. The summed E-state index contributed by atoms with van der Waals surface area (Å²) >= 11 is 0. The highest BCUT2D eigenvalue weighted by molar-refractivity contribution is 5.75. The van der Waals surface area contributed by atoms with Gasteiger partial charge in [-0.3, -0.25) is 24.0 Å². The van der Waals surface area contributed by atoms with Crippen molar-refractivity contribution in [1.29, 1.82) is 0 Å². The molecule has 0 radical (unpaired) electrons. The molecule has 9 fully saturated rings. The minimum Gasteiger partial charge on any atom is -0.394 e. The fraction of sp³-hybridized carbons (Fsp3) is 0.929. The molecular formula is C70H119N5O51. The Kier molecular flexibility index (Phi) is 39.2. The van der Waals surface area contributed by atoms with Crippen molar-refractivity contribution >= 4 is 29.5 Å². The smallest absolute Gasteiger partial charge is 0.217 e. The summed E-state index contributed by atoms with van der Waals surface area (Å²) in [5.74, 6) is -4.92. The molecule has 9 unspecified atom stereocenters. The maximum atomic E-state index is 13.4. The van der Waals surface area contributed by atoms with Crippen molar-refractivity contribution in [2.24, 2.45) is 0 Å². The molecule has 0 aliphatic carbocycles. The first-order valence-electron chi connectivity index (χ1n) is 40.1. The Morgan fingerprint density at radius 2 is 0.556 bits per heavy atom. The lowest BCUT2D eigenvalue weighted by Gasteiger charge is -2.52. The zero-order chi connectivity index (χ0) is 93.2. The summed E-state index contributed by atoms with van der Waals surface area (Å²) in [6, 6.07) is -9.91. The van der Waals surface area contributed by atoms with E-state index in [0.29, 0.717) is 0 Å². The van der Waals surface area contributed by atoms with Crippen LogP contribution in [0.1, 0.15) is 34.6 Å². The summed E-state index contributed by atoms with van der Waals surface area (Å²) < 4.78 is 110. The molecular weight excluding hydrogens is 1730 g/mol. The number of aliphatic hydroxyl groups is 28. The van der Waals surface area contributed by atoms with E-state index in [-0.39, 0.29) is 0 Å². The number of nitrogens with one attached hydrogen (secondary N) is 5. The summed E-state index contributed by atoms with van der Waals surface area (Å²) in [6.07, 6.45) is -97.4. The zero-order valence-corrected chi connectivity index (χ0v) is 68.0. The monoisotopic (exact) mass is 1850 g/mol. The van der Waals surface area contributed by atoms with Crippen molar-refractivity contribution in [3.05, 3.63) is 0 Å². The van der Waals surface area contributed by atoms with Crippen molar-refractivity contribution in [2.75, 3.05) is 72.7 Å². The maximum Gasteiger partial charge on any atom is 0.217 e. The minimum absolute atomic E-state index is 0.850. The number of carbonyl (C=O) groups is 5. The molecule has 9 aliphatic heterocycles. The normalized spacial score (nSPS) is 45.8. The molecule has 0 aromatic carbocycles. The largest absolute Gasteiger partial charge is 0.394 e. The van der Waals surface area contributed by atoms with Gasteiger partial charge < -0.3 is 255 Å². The van der Waals surface area contributed by atoms with Crippen molar-refractivity contribution < 1.29 is 252 Å².